The van der Waals surface area contributed by atoms with Gasteiger partial charge in [0.2, 0.25) is 0 Å². The standard InChI is InChI=1S/C4H3IO2S/c6-4(7)3-1-2-8-5-3/h1-2H,(H,6,7). The zero-order chi connectivity index (χ0) is 5.98. The van der Waals surface area contributed by atoms with Crippen molar-refractivity contribution in [2.24, 2.45) is 0 Å². The van der Waals surface area contributed by atoms with Crippen molar-refractivity contribution in [3.63, 3.8) is 0 Å². The van der Waals surface area contributed by atoms with Crippen LogP contribution in [0.4, 0.5) is 0 Å². The van der Waals surface area contributed by atoms with Gasteiger partial charge in [-0.3, -0.25) is 0 Å². The minimum absolute atomic E-state index is 0.241. The van der Waals surface area contributed by atoms with Crippen LogP contribution in [0.15, 0.2) is 11.5 Å². The Morgan fingerprint density at radius 2 is 2.62 bits per heavy atom. The number of carboxylic acids is 1. The molecule has 0 aromatic carbocycles. The molecule has 0 saturated heterocycles. The van der Waals surface area contributed by atoms with E-state index in [9.17, 15) is 4.79 Å². The van der Waals surface area contributed by atoms with Gasteiger partial charge in [0.25, 0.3) is 0 Å². The van der Waals surface area contributed by atoms with Crippen LogP contribution >= 0.6 is 28.3 Å². The van der Waals surface area contributed by atoms with Crippen LogP contribution in [-0.4, -0.2) is 14.6 Å². The van der Waals surface area contributed by atoms with Crippen LogP contribution in [-0.2, 0) is 4.79 Å². The monoisotopic (exact) mass is 242 g/mol. The highest BCUT2D eigenvalue weighted by Gasteiger charge is 2.05. The first-order valence-electron chi connectivity index (χ1n) is 1.88. The van der Waals surface area contributed by atoms with Gasteiger partial charge in [0.1, 0.15) is 0 Å². The molecule has 0 fully saturated rings. The van der Waals surface area contributed by atoms with E-state index in [1.54, 1.807) is 15.0 Å². The molecule has 2 nitrogen and oxygen atoms in total. The van der Waals surface area contributed by atoms with Gasteiger partial charge in [0.15, 0.2) is 0 Å². The lowest BCUT2D eigenvalue weighted by atomic mass is 10.4. The predicted molar refractivity (Wildman–Crippen MR) is 43.4 cm³/mol. The molecule has 0 bridgehead atoms. The molecule has 0 radical (unpaired) electrons. The fraction of sp³-hybridized carbons (Fsp3) is 0. The van der Waals surface area contributed by atoms with Gasteiger partial charge >= 0.3 is 5.97 Å². The Bertz CT molecular complexity index is 173. The zero-order valence-corrected chi connectivity index (χ0v) is 6.77. The molecule has 4 heteroatoms. The smallest absolute Gasteiger partial charge is 0.342 e. The van der Waals surface area contributed by atoms with Crippen LogP contribution in [0.2, 0.25) is 0 Å². The van der Waals surface area contributed by atoms with Crippen LogP contribution in [0.1, 0.15) is 0 Å². The van der Waals surface area contributed by atoms with E-state index in [4.69, 9.17) is 5.11 Å². The van der Waals surface area contributed by atoms with Crippen LogP contribution in [0.25, 0.3) is 0 Å². The molecule has 0 aromatic rings. The van der Waals surface area contributed by atoms with E-state index in [1.165, 1.54) is 0 Å². The van der Waals surface area contributed by atoms with E-state index < -0.39 is 5.97 Å². The highest BCUT2D eigenvalue weighted by atomic mass is 127. The normalized spacial score (nSPS) is 17.2. The minimum Gasteiger partial charge on any atom is -0.477 e. The van der Waals surface area contributed by atoms with Crippen molar-refractivity contribution in [3.8, 4) is 0 Å². The molecule has 0 aromatic heterocycles. The third-order valence-electron chi connectivity index (χ3n) is 0.598. The quantitative estimate of drug-likeness (QED) is 0.706. The SMILES string of the molecule is O=C(O)C1=ISC=C1. The molecule has 1 heterocycles. The second-order valence-corrected chi connectivity index (χ2v) is 5.74. The third-order valence-corrected chi connectivity index (χ3v) is 4.98. The third kappa shape index (κ3) is 1.32. The molecular weight excluding hydrogens is 239 g/mol. The van der Waals surface area contributed by atoms with E-state index in [0.29, 0.717) is 3.51 Å². The summed E-state index contributed by atoms with van der Waals surface area (Å²) in [4.78, 5) is 10.1. The van der Waals surface area contributed by atoms with Crippen molar-refractivity contribution in [3.05, 3.63) is 11.5 Å². The summed E-state index contributed by atoms with van der Waals surface area (Å²) in [5.41, 5.74) is 0. The lowest BCUT2D eigenvalue weighted by Crippen LogP contribution is -2.04. The van der Waals surface area contributed by atoms with Gasteiger partial charge in [-0.25, -0.2) is 4.79 Å². The largest absolute Gasteiger partial charge is 0.477 e. The van der Waals surface area contributed by atoms with Crippen molar-refractivity contribution in [1.82, 2.24) is 0 Å². The Hall–Kier alpha value is 0.160. The Labute approximate surface area is 59.2 Å². The van der Waals surface area contributed by atoms with Crippen molar-refractivity contribution in [1.29, 1.82) is 0 Å². The van der Waals surface area contributed by atoms with Gasteiger partial charge in [-0.1, -0.05) is 8.93 Å². The van der Waals surface area contributed by atoms with Crippen LogP contribution < -0.4 is 0 Å². The summed E-state index contributed by atoms with van der Waals surface area (Å²) in [6.07, 6.45) is 1.68. The Balaban J connectivity index is 2.72. The summed E-state index contributed by atoms with van der Waals surface area (Å²) in [5.74, 6) is -0.751. The molecule has 1 N–H and O–H groups in total. The fourth-order valence-electron chi connectivity index (χ4n) is 0.289. The van der Waals surface area contributed by atoms with Gasteiger partial charge in [0.05, 0.1) is 3.51 Å². The average molecular weight is 242 g/mol. The fourth-order valence-corrected chi connectivity index (χ4v) is 3.87. The van der Waals surface area contributed by atoms with Crippen LogP contribution in [0.3, 0.4) is 0 Å². The first-order valence-corrected chi connectivity index (χ1v) is 6.38. The maximum Gasteiger partial charge on any atom is 0.342 e. The Morgan fingerprint density at radius 1 is 1.88 bits per heavy atom. The van der Waals surface area contributed by atoms with E-state index in [0.717, 1.165) is 0 Å². The number of hydrogen-bond acceptors (Lipinski definition) is 2. The van der Waals surface area contributed by atoms with Crippen molar-refractivity contribution in [2.45, 2.75) is 0 Å². The van der Waals surface area contributed by atoms with E-state index in [1.807, 2.05) is 5.41 Å². The number of aliphatic carboxylic acids is 1. The highest BCUT2D eigenvalue weighted by molar-refractivity contribution is 14.2. The molecule has 44 valence electrons. The second-order valence-electron chi connectivity index (χ2n) is 1.12. The predicted octanol–water partition coefficient (Wildman–Crippen LogP) is 1.39. The number of carboxylic acid groups (broad SMARTS) is 1. The zero-order valence-electron chi connectivity index (χ0n) is 3.80. The molecule has 8 heavy (non-hydrogen) atoms. The molecule has 0 atom stereocenters. The first kappa shape index (κ1) is 6.28. The topological polar surface area (TPSA) is 37.3 Å². The number of carbonyl (C=O) groups is 1. The molecule has 0 aliphatic carbocycles. The summed E-state index contributed by atoms with van der Waals surface area (Å²) < 4.78 is 0.605. The lowest BCUT2D eigenvalue weighted by Gasteiger charge is -1.81. The number of rotatable bonds is 1. The van der Waals surface area contributed by atoms with Crippen molar-refractivity contribution in [2.75, 3.05) is 0 Å². The first-order chi connectivity index (χ1) is 3.80. The van der Waals surface area contributed by atoms with Gasteiger partial charge in [-0.05, 0) is 30.8 Å². The molecule has 1 aliphatic rings. The summed E-state index contributed by atoms with van der Waals surface area (Å²) in [7, 11) is 1.62. The summed E-state index contributed by atoms with van der Waals surface area (Å²) >= 11 is -0.241. The van der Waals surface area contributed by atoms with E-state index in [-0.39, 0.29) is 19.3 Å². The lowest BCUT2D eigenvalue weighted by molar-refractivity contribution is -0.128. The molecule has 0 amide bonds. The second kappa shape index (κ2) is 2.63. The maximum atomic E-state index is 10.1. The van der Waals surface area contributed by atoms with Gasteiger partial charge < -0.3 is 5.11 Å². The molecule has 1 rings (SSSR count). The van der Waals surface area contributed by atoms with Crippen LogP contribution in [0.5, 0.6) is 0 Å². The summed E-state index contributed by atoms with van der Waals surface area (Å²) in [5, 5.41) is 10.2. The van der Waals surface area contributed by atoms with Gasteiger partial charge in [-0.15, -0.1) is 0 Å². The van der Waals surface area contributed by atoms with E-state index >= 15 is 0 Å². The Morgan fingerprint density at radius 3 is 2.88 bits per heavy atom. The summed E-state index contributed by atoms with van der Waals surface area (Å²) in [6.45, 7) is 0. The van der Waals surface area contributed by atoms with Crippen molar-refractivity contribution < 1.29 is 9.90 Å². The van der Waals surface area contributed by atoms with E-state index in [2.05, 4.69) is 0 Å². The van der Waals surface area contributed by atoms with Crippen molar-refractivity contribution >= 4 is 37.8 Å². The molecule has 1 aliphatic heterocycles. The molecule has 0 saturated carbocycles. The van der Waals surface area contributed by atoms with Gasteiger partial charge in [0, 0.05) is 0 Å². The maximum absolute atomic E-state index is 10.1. The van der Waals surface area contributed by atoms with Gasteiger partial charge in [-0.2, -0.15) is 0 Å². The highest BCUT2D eigenvalue weighted by Crippen LogP contribution is 2.29. The number of hydrogen-bond donors (Lipinski definition) is 1. The Kier molecular flexibility index (Phi) is 2.07. The minimum atomic E-state index is -0.751. The molecular formula is C4H3IO2S. The van der Waals surface area contributed by atoms with Crippen LogP contribution in [0, 0.1) is 0 Å². The molecule has 0 unspecified atom stereocenters. The number of halogens is 1. The summed E-state index contributed by atoms with van der Waals surface area (Å²) in [6, 6.07) is 0. The molecule has 0 spiro atoms. The average Bonchev–Trinajstić information content (AvgIpc) is 2.12.